The van der Waals surface area contributed by atoms with Crippen molar-refractivity contribution >= 4 is 11.6 Å². The highest BCUT2D eigenvalue weighted by atomic mass is 16.5. The largest absolute Gasteiger partial charge is 0.493 e. The van der Waals surface area contributed by atoms with Crippen LogP contribution in [0.25, 0.3) is 5.65 Å². The molecular formula is C24H33N5O2. The Morgan fingerprint density at radius 3 is 2.77 bits per heavy atom. The number of aryl methyl sites for hydroxylation is 2. The first kappa shape index (κ1) is 22.6. The number of hydrogen-bond donors (Lipinski definition) is 2. The molecule has 3 rings (SSSR count). The van der Waals surface area contributed by atoms with Crippen LogP contribution in [0.1, 0.15) is 35.9 Å². The molecule has 2 aromatic heterocycles. The van der Waals surface area contributed by atoms with Crippen LogP contribution in [0.3, 0.4) is 0 Å². The number of aromatic nitrogens is 2. The maximum atomic E-state index is 5.98. The molecule has 0 radical (unpaired) electrons. The quantitative estimate of drug-likeness (QED) is 0.296. The van der Waals surface area contributed by atoms with Crippen molar-refractivity contribution in [3.63, 3.8) is 0 Å². The average Bonchev–Trinajstić information content (AvgIpc) is 3.19. The van der Waals surface area contributed by atoms with Crippen molar-refractivity contribution in [2.45, 2.75) is 40.3 Å². The Morgan fingerprint density at radius 2 is 2.00 bits per heavy atom. The van der Waals surface area contributed by atoms with E-state index in [-0.39, 0.29) is 0 Å². The van der Waals surface area contributed by atoms with Crippen LogP contribution in [0.15, 0.2) is 47.6 Å². The van der Waals surface area contributed by atoms with E-state index in [1.54, 1.807) is 7.11 Å². The monoisotopic (exact) mass is 423 g/mol. The van der Waals surface area contributed by atoms with Crippen LogP contribution in [0.4, 0.5) is 0 Å². The molecule has 0 saturated heterocycles. The first-order valence-electron chi connectivity index (χ1n) is 10.8. The minimum Gasteiger partial charge on any atom is -0.493 e. The summed E-state index contributed by atoms with van der Waals surface area (Å²) >= 11 is 0. The van der Waals surface area contributed by atoms with Gasteiger partial charge in [0.05, 0.1) is 25.4 Å². The lowest BCUT2D eigenvalue weighted by molar-refractivity contribution is 0.172. The zero-order valence-corrected chi connectivity index (χ0v) is 18.9. The van der Waals surface area contributed by atoms with Gasteiger partial charge in [-0.1, -0.05) is 18.2 Å². The van der Waals surface area contributed by atoms with E-state index >= 15 is 0 Å². The van der Waals surface area contributed by atoms with Gasteiger partial charge in [-0.2, -0.15) is 0 Å². The number of methoxy groups -OCH3 is 1. The fourth-order valence-electron chi connectivity index (χ4n) is 3.28. The highest BCUT2D eigenvalue weighted by molar-refractivity contribution is 5.79. The molecule has 31 heavy (non-hydrogen) atoms. The lowest BCUT2D eigenvalue weighted by Gasteiger charge is -2.13. The Hall–Kier alpha value is -3.06. The van der Waals surface area contributed by atoms with Crippen molar-refractivity contribution < 1.29 is 9.47 Å². The van der Waals surface area contributed by atoms with Crippen molar-refractivity contribution in [1.82, 2.24) is 20.0 Å². The van der Waals surface area contributed by atoms with Gasteiger partial charge in [-0.3, -0.25) is 0 Å². The van der Waals surface area contributed by atoms with E-state index in [0.29, 0.717) is 26.3 Å². The molecule has 7 heteroatoms. The highest BCUT2D eigenvalue weighted by Gasteiger charge is 2.07. The zero-order chi connectivity index (χ0) is 22.1. The van der Waals surface area contributed by atoms with Crippen molar-refractivity contribution in [2.24, 2.45) is 4.99 Å². The van der Waals surface area contributed by atoms with Gasteiger partial charge in [0.25, 0.3) is 0 Å². The number of hydrogen-bond acceptors (Lipinski definition) is 4. The zero-order valence-electron chi connectivity index (χ0n) is 18.9. The van der Waals surface area contributed by atoms with Gasteiger partial charge in [-0.05, 0) is 44.5 Å². The van der Waals surface area contributed by atoms with Crippen LogP contribution >= 0.6 is 0 Å². The van der Waals surface area contributed by atoms with Crippen molar-refractivity contribution in [2.75, 3.05) is 26.9 Å². The molecular weight excluding hydrogens is 390 g/mol. The molecule has 0 fully saturated rings. The normalized spacial score (nSPS) is 11.7. The summed E-state index contributed by atoms with van der Waals surface area (Å²) in [5, 5.41) is 6.69. The van der Waals surface area contributed by atoms with Crippen LogP contribution in [0.5, 0.6) is 5.75 Å². The summed E-state index contributed by atoms with van der Waals surface area (Å²) in [6.45, 7) is 9.42. The number of fused-ring (bicyclic) bond motifs is 1. The van der Waals surface area contributed by atoms with Crippen LogP contribution in [-0.2, 0) is 17.8 Å². The van der Waals surface area contributed by atoms with E-state index in [1.807, 2.05) is 12.1 Å². The minimum absolute atomic E-state index is 0.527. The predicted octanol–water partition coefficient (Wildman–Crippen LogP) is 3.62. The first-order chi connectivity index (χ1) is 15.1. The fraction of sp³-hybridized carbons (Fsp3) is 0.417. The van der Waals surface area contributed by atoms with Crippen LogP contribution in [0, 0.1) is 13.8 Å². The van der Waals surface area contributed by atoms with E-state index < -0.39 is 0 Å². The fourth-order valence-corrected chi connectivity index (χ4v) is 3.28. The summed E-state index contributed by atoms with van der Waals surface area (Å²) in [6.07, 6.45) is 2.92. The molecule has 0 saturated carbocycles. The second-order valence-corrected chi connectivity index (χ2v) is 7.48. The minimum atomic E-state index is 0.527. The number of ether oxygens (including phenoxy) is 2. The standard InChI is InChI=1S/C24H33N5O2/c1-5-25-24(27-16-21-17-29-19(3)8-6-9-23(29)28-21)26-15-20-11-10-18(2)14-22(20)31-13-7-12-30-4/h6,8-11,14,17H,5,7,12-13,15-16H2,1-4H3,(H2,25,26,27). The lowest BCUT2D eigenvalue weighted by atomic mass is 10.1. The third-order valence-corrected chi connectivity index (χ3v) is 4.91. The Morgan fingerprint density at radius 1 is 1.13 bits per heavy atom. The topological polar surface area (TPSA) is 72.2 Å². The third-order valence-electron chi connectivity index (χ3n) is 4.91. The maximum Gasteiger partial charge on any atom is 0.191 e. The Balaban J connectivity index is 1.66. The predicted molar refractivity (Wildman–Crippen MR) is 125 cm³/mol. The smallest absolute Gasteiger partial charge is 0.191 e. The molecule has 0 aliphatic carbocycles. The van der Waals surface area contributed by atoms with Gasteiger partial charge in [-0.15, -0.1) is 0 Å². The number of benzene rings is 1. The molecule has 0 spiro atoms. The third kappa shape index (κ3) is 6.46. The van der Waals surface area contributed by atoms with E-state index in [9.17, 15) is 0 Å². The van der Waals surface area contributed by atoms with E-state index in [0.717, 1.165) is 47.3 Å². The summed E-state index contributed by atoms with van der Waals surface area (Å²) in [5.74, 6) is 1.63. The van der Waals surface area contributed by atoms with Gasteiger partial charge in [0.15, 0.2) is 5.96 Å². The van der Waals surface area contributed by atoms with Crippen molar-refractivity contribution in [3.8, 4) is 5.75 Å². The molecule has 3 aromatic rings. The van der Waals surface area contributed by atoms with Gasteiger partial charge < -0.3 is 24.5 Å². The molecule has 0 atom stereocenters. The van der Waals surface area contributed by atoms with Gasteiger partial charge in [-0.25, -0.2) is 9.98 Å². The highest BCUT2D eigenvalue weighted by Crippen LogP contribution is 2.21. The Kier molecular flexibility index (Phi) is 8.29. The summed E-state index contributed by atoms with van der Waals surface area (Å²) in [7, 11) is 1.70. The molecule has 2 N–H and O–H groups in total. The molecule has 0 bridgehead atoms. The maximum absolute atomic E-state index is 5.98. The van der Waals surface area contributed by atoms with E-state index in [2.05, 4.69) is 71.3 Å². The summed E-state index contributed by atoms with van der Waals surface area (Å²) < 4.78 is 13.2. The SMILES string of the molecule is CCNC(=NCc1ccc(C)cc1OCCCOC)NCc1cn2c(C)cccc2n1. The van der Waals surface area contributed by atoms with Crippen LogP contribution in [-0.4, -0.2) is 42.2 Å². The molecule has 0 aliphatic rings. The molecule has 0 aliphatic heterocycles. The van der Waals surface area contributed by atoms with Crippen molar-refractivity contribution in [3.05, 3.63) is 65.1 Å². The van der Waals surface area contributed by atoms with Gasteiger partial charge >= 0.3 is 0 Å². The van der Waals surface area contributed by atoms with Gasteiger partial charge in [0.2, 0.25) is 0 Å². The number of rotatable bonds is 10. The lowest BCUT2D eigenvalue weighted by Crippen LogP contribution is -2.36. The van der Waals surface area contributed by atoms with E-state index in [1.165, 1.54) is 5.56 Å². The molecule has 0 amide bonds. The Bertz CT molecular complexity index is 1010. The number of aliphatic imine (C=N–C) groups is 1. The van der Waals surface area contributed by atoms with Crippen molar-refractivity contribution in [1.29, 1.82) is 0 Å². The van der Waals surface area contributed by atoms with Gasteiger partial charge in [0.1, 0.15) is 11.4 Å². The summed E-state index contributed by atoms with van der Waals surface area (Å²) in [5.41, 5.74) is 5.31. The second kappa shape index (κ2) is 11.4. The number of nitrogens with one attached hydrogen (secondary N) is 2. The number of imidazole rings is 1. The second-order valence-electron chi connectivity index (χ2n) is 7.48. The summed E-state index contributed by atoms with van der Waals surface area (Å²) in [4.78, 5) is 9.44. The average molecular weight is 424 g/mol. The Labute approximate surface area is 184 Å². The van der Waals surface area contributed by atoms with E-state index in [4.69, 9.17) is 14.5 Å². The number of nitrogens with zero attached hydrogens (tertiary/aromatic N) is 3. The molecule has 166 valence electrons. The molecule has 7 nitrogen and oxygen atoms in total. The number of guanidine groups is 1. The number of pyridine rings is 1. The van der Waals surface area contributed by atoms with Crippen LogP contribution < -0.4 is 15.4 Å². The molecule has 0 unspecified atom stereocenters. The van der Waals surface area contributed by atoms with Crippen LogP contribution in [0.2, 0.25) is 0 Å². The summed E-state index contributed by atoms with van der Waals surface area (Å²) in [6, 6.07) is 12.4. The van der Waals surface area contributed by atoms with Gasteiger partial charge in [0, 0.05) is 44.1 Å². The first-order valence-corrected chi connectivity index (χ1v) is 10.8. The molecule has 1 aromatic carbocycles. The molecule has 2 heterocycles.